The molecular formula is C19H22O5. The molecule has 0 aromatic heterocycles. The molecule has 24 heavy (non-hydrogen) atoms. The summed E-state index contributed by atoms with van der Waals surface area (Å²) in [6.45, 7) is 6.06. The molecule has 3 heterocycles. The Morgan fingerprint density at radius 3 is 2.96 bits per heavy atom. The van der Waals surface area contributed by atoms with Gasteiger partial charge in [-0.3, -0.25) is 4.79 Å². The third kappa shape index (κ3) is 3.59. The first kappa shape index (κ1) is 16.9. The highest BCUT2D eigenvalue weighted by molar-refractivity contribution is 5.69. The first-order valence-electron chi connectivity index (χ1n) is 8.34. The summed E-state index contributed by atoms with van der Waals surface area (Å²) in [6.07, 6.45) is 3.09. The average Bonchev–Trinajstić information content (AvgIpc) is 3.28. The molecule has 1 spiro atoms. The fourth-order valence-corrected chi connectivity index (χ4v) is 3.01. The molecule has 5 nitrogen and oxygen atoms in total. The second-order valence-corrected chi connectivity index (χ2v) is 6.64. The largest absolute Gasteiger partial charge is 0.460 e. The van der Waals surface area contributed by atoms with Gasteiger partial charge < -0.3 is 18.9 Å². The lowest BCUT2D eigenvalue weighted by atomic mass is 10.0. The number of carbonyl (C=O) groups excluding carboxylic acids is 1. The highest BCUT2D eigenvalue weighted by atomic mass is 16.8. The van der Waals surface area contributed by atoms with Gasteiger partial charge in [-0.2, -0.15) is 0 Å². The molecule has 0 aromatic carbocycles. The number of hydrogen-bond acceptors (Lipinski definition) is 5. The van der Waals surface area contributed by atoms with Crippen LogP contribution in [0, 0.1) is 29.6 Å². The maximum absolute atomic E-state index is 11.8. The van der Waals surface area contributed by atoms with Crippen molar-refractivity contribution in [3.05, 3.63) is 11.8 Å². The fraction of sp³-hybridized carbons (Fsp3) is 0.632. The number of allylic oxidation sites excluding steroid dienone is 1. The Bertz CT molecular complexity index is 647. The lowest BCUT2D eigenvalue weighted by Crippen LogP contribution is -2.46. The van der Waals surface area contributed by atoms with Crippen molar-refractivity contribution in [3.63, 3.8) is 0 Å². The highest BCUT2D eigenvalue weighted by Gasteiger charge is 2.67. The minimum absolute atomic E-state index is 0.0751. The van der Waals surface area contributed by atoms with Crippen LogP contribution in [0.5, 0.6) is 0 Å². The SMILES string of the molecule is CC#CC#C/C=C1/O[C@]2(CCC(OC(=O)CC(C)C)CO2)[C@@H]2O[C@H]12. The van der Waals surface area contributed by atoms with Gasteiger partial charge in [-0.05, 0) is 31.1 Å². The van der Waals surface area contributed by atoms with Crippen molar-refractivity contribution in [2.45, 2.75) is 64.1 Å². The summed E-state index contributed by atoms with van der Waals surface area (Å²) in [7, 11) is 0. The van der Waals surface area contributed by atoms with E-state index in [4.69, 9.17) is 18.9 Å². The molecule has 0 saturated carbocycles. The van der Waals surface area contributed by atoms with Crippen molar-refractivity contribution < 1.29 is 23.7 Å². The topological polar surface area (TPSA) is 57.3 Å². The molecule has 0 N–H and O–H groups in total. The Hall–Kier alpha value is -1.95. The van der Waals surface area contributed by atoms with Crippen molar-refractivity contribution in [1.29, 1.82) is 0 Å². The second-order valence-electron chi connectivity index (χ2n) is 6.64. The van der Waals surface area contributed by atoms with Gasteiger partial charge in [0.25, 0.3) is 0 Å². The molecule has 0 aliphatic carbocycles. The molecule has 4 atom stereocenters. The van der Waals surface area contributed by atoms with Gasteiger partial charge in [-0.1, -0.05) is 25.7 Å². The van der Waals surface area contributed by atoms with Crippen LogP contribution >= 0.6 is 0 Å². The van der Waals surface area contributed by atoms with Crippen LogP contribution in [-0.4, -0.2) is 36.7 Å². The van der Waals surface area contributed by atoms with Crippen molar-refractivity contribution in [1.82, 2.24) is 0 Å². The van der Waals surface area contributed by atoms with E-state index in [1.54, 1.807) is 13.0 Å². The van der Waals surface area contributed by atoms with Gasteiger partial charge in [0.2, 0.25) is 5.79 Å². The van der Waals surface area contributed by atoms with E-state index in [2.05, 4.69) is 23.7 Å². The van der Waals surface area contributed by atoms with Crippen molar-refractivity contribution in [3.8, 4) is 23.7 Å². The van der Waals surface area contributed by atoms with Gasteiger partial charge in [0, 0.05) is 18.9 Å². The number of esters is 1. The highest BCUT2D eigenvalue weighted by Crippen LogP contribution is 2.52. The molecule has 0 bridgehead atoms. The number of rotatable bonds is 3. The smallest absolute Gasteiger partial charge is 0.306 e. The summed E-state index contributed by atoms with van der Waals surface area (Å²) < 4.78 is 23.0. The molecule has 3 aliphatic heterocycles. The summed E-state index contributed by atoms with van der Waals surface area (Å²) in [5.74, 6) is 11.0. The number of epoxide rings is 1. The first-order chi connectivity index (χ1) is 11.5. The van der Waals surface area contributed by atoms with E-state index in [1.165, 1.54) is 0 Å². The molecule has 1 unspecified atom stereocenters. The third-order valence-corrected chi connectivity index (χ3v) is 4.17. The number of fused-ring (bicyclic) bond motifs is 2. The summed E-state index contributed by atoms with van der Waals surface area (Å²) in [5.41, 5.74) is 0. The van der Waals surface area contributed by atoms with E-state index < -0.39 is 5.79 Å². The van der Waals surface area contributed by atoms with E-state index in [9.17, 15) is 4.79 Å². The van der Waals surface area contributed by atoms with Gasteiger partial charge >= 0.3 is 5.97 Å². The van der Waals surface area contributed by atoms with Crippen LogP contribution in [0.1, 0.15) is 40.0 Å². The zero-order chi connectivity index (χ0) is 17.2. The molecule has 0 radical (unpaired) electrons. The van der Waals surface area contributed by atoms with Gasteiger partial charge in [0.15, 0.2) is 6.10 Å². The number of hydrogen-bond donors (Lipinski definition) is 0. The number of ether oxygens (including phenoxy) is 4. The minimum Gasteiger partial charge on any atom is -0.460 e. The maximum atomic E-state index is 11.8. The molecule has 0 amide bonds. The molecule has 128 valence electrons. The van der Waals surface area contributed by atoms with Crippen LogP contribution < -0.4 is 0 Å². The lowest BCUT2D eigenvalue weighted by molar-refractivity contribution is -0.260. The summed E-state index contributed by atoms with van der Waals surface area (Å²) in [4.78, 5) is 11.8. The molecule has 3 fully saturated rings. The average molecular weight is 330 g/mol. The van der Waals surface area contributed by atoms with E-state index in [-0.39, 0.29) is 24.3 Å². The first-order valence-corrected chi connectivity index (χ1v) is 8.34. The zero-order valence-electron chi connectivity index (χ0n) is 14.3. The lowest BCUT2D eigenvalue weighted by Gasteiger charge is -2.36. The van der Waals surface area contributed by atoms with E-state index in [1.807, 2.05) is 13.8 Å². The molecule has 3 aliphatic rings. The number of carbonyl (C=O) groups is 1. The molecule has 3 saturated heterocycles. The van der Waals surface area contributed by atoms with Crippen molar-refractivity contribution in [2.24, 2.45) is 5.92 Å². The van der Waals surface area contributed by atoms with Crippen LogP contribution in [0.25, 0.3) is 0 Å². The van der Waals surface area contributed by atoms with Crippen LogP contribution in [-0.2, 0) is 23.7 Å². The monoisotopic (exact) mass is 330 g/mol. The summed E-state index contributed by atoms with van der Waals surface area (Å²) >= 11 is 0. The maximum Gasteiger partial charge on any atom is 0.306 e. The zero-order valence-corrected chi connectivity index (χ0v) is 14.3. The molecule has 3 rings (SSSR count). The van der Waals surface area contributed by atoms with E-state index in [0.29, 0.717) is 37.5 Å². The van der Waals surface area contributed by atoms with Gasteiger partial charge in [-0.15, -0.1) is 0 Å². The van der Waals surface area contributed by atoms with E-state index >= 15 is 0 Å². The van der Waals surface area contributed by atoms with Crippen LogP contribution in [0.2, 0.25) is 0 Å². The predicted octanol–water partition coefficient (Wildman–Crippen LogP) is 2.16. The summed E-state index contributed by atoms with van der Waals surface area (Å²) in [6, 6.07) is 0. The van der Waals surface area contributed by atoms with Gasteiger partial charge in [-0.25, -0.2) is 0 Å². The van der Waals surface area contributed by atoms with Crippen LogP contribution in [0.15, 0.2) is 11.8 Å². The van der Waals surface area contributed by atoms with Crippen molar-refractivity contribution in [2.75, 3.05) is 6.61 Å². The molecule has 0 aromatic rings. The van der Waals surface area contributed by atoms with Crippen LogP contribution in [0.3, 0.4) is 0 Å². The van der Waals surface area contributed by atoms with E-state index in [0.717, 1.165) is 0 Å². The summed E-state index contributed by atoms with van der Waals surface area (Å²) in [5, 5.41) is 0. The normalized spacial score (nSPS) is 34.7. The Morgan fingerprint density at radius 2 is 2.29 bits per heavy atom. The Morgan fingerprint density at radius 1 is 1.46 bits per heavy atom. The second kappa shape index (κ2) is 6.89. The Labute approximate surface area is 142 Å². The van der Waals surface area contributed by atoms with Gasteiger partial charge in [0.1, 0.15) is 18.0 Å². The molecule has 5 heteroatoms. The minimum atomic E-state index is -0.754. The van der Waals surface area contributed by atoms with Gasteiger partial charge in [0.05, 0.1) is 6.61 Å². The third-order valence-electron chi connectivity index (χ3n) is 4.17. The van der Waals surface area contributed by atoms with Crippen molar-refractivity contribution >= 4 is 5.97 Å². The van der Waals surface area contributed by atoms with Crippen LogP contribution in [0.4, 0.5) is 0 Å². The molecular weight excluding hydrogens is 308 g/mol. The standard InChI is InChI=1S/C19H22O5/c1-4-5-6-7-8-15-17-18(23-17)19(24-15)10-9-14(12-21-19)22-16(20)11-13(2)3/h8,13-14,17-18H,9-12H2,1-3H3/b15-8+/t14?,17-,18-,19-/m1/s1. The quantitative estimate of drug-likeness (QED) is 0.451. The Kier molecular flexibility index (Phi) is 4.85. The predicted molar refractivity (Wildman–Crippen MR) is 86.3 cm³/mol. The fourth-order valence-electron chi connectivity index (χ4n) is 3.01. The Balaban J connectivity index is 1.54.